The largest absolute Gasteiger partial charge is 0.363 e. The van der Waals surface area contributed by atoms with Gasteiger partial charge in [-0.25, -0.2) is 0 Å². The lowest BCUT2D eigenvalue weighted by molar-refractivity contribution is -0.121. The number of Topliss-reactive ketones (excluding diaryl/α,β-unsaturated/α-hetero) is 1. The number of rotatable bonds is 6. The number of hydrogen-bond donors (Lipinski definition) is 2. The van der Waals surface area contributed by atoms with Crippen molar-refractivity contribution in [1.82, 2.24) is 9.88 Å². The summed E-state index contributed by atoms with van der Waals surface area (Å²) < 4.78 is 1.62. The van der Waals surface area contributed by atoms with E-state index < -0.39 is 11.7 Å². The molecule has 0 saturated heterocycles. The van der Waals surface area contributed by atoms with E-state index in [9.17, 15) is 14.4 Å². The van der Waals surface area contributed by atoms with E-state index >= 15 is 0 Å². The molecule has 2 amide bonds. The predicted octanol–water partition coefficient (Wildman–Crippen LogP) is 2.28. The number of halogens is 1. The van der Waals surface area contributed by atoms with Crippen LogP contribution in [0.2, 0.25) is 5.02 Å². The molecule has 0 aliphatic heterocycles. The van der Waals surface area contributed by atoms with Gasteiger partial charge < -0.3 is 15.6 Å². The van der Waals surface area contributed by atoms with Crippen LogP contribution in [0.3, 0.4) is 0 Å². The van der Waals surface area contributed by atoms with Gasteiger partial charge >= 0.3 is 0 Å². The van der Waals surface area contributed by atoms with Gasteiger partial charge in [-0.2, -0.15) is 0 Å². The van der Waals surface area contributed by atoms with Gasteiger partial charge in [0.15, 0.2) is 0 Å². The van der Waals surface area contributed by atoms with Gasteiger partial charge in [-0.15, -0.1) is 0 Å². The number of nitrogens with two attached hydrogens (primary N) is 1. The second-order valence-electron chi connectivity index (χ2n) is 5.75. The van der Waals surface area contributed by atoms with Crippen LogP contribution < -0.4 is 11.1 Å². The Bertz CT molecular complexity index is 1010. The van der Waals surface area contributed by atoms with Crippen molar-refractivity contribution in [2.24, 2.45) is 5.73 Å². The number of fused-ring (bicyclic) bond motifs is 1. The first-order chi connectivity index (χ1) is 12.5. The lowest BCUT2D eigenvalue weighted by atomic mass is 10.1. The first kappa shape index (κ1) is 17.7. The van der Waals surface area contributed by atoms with Gasteiger partial charge in [-0.1, -0.05) is 48.0 Å². The first-order valence-electron chi connectivity index (χ1n) is 7.89. The molecule has 0 atom stereocenters. The summed E-state index contributed by atoms with van der Waals surface area (Å²) >= 11 is 6.08. The Morgan fingerprint density at radius 3 is 2.46 bits per heavy atom. The van der Waals surface area contributed by atoms with Crippen molar-refractivity contribution in [1.29, 1.82) is 0 Å². The number of aromatic nitrogens is 1. The van der Waals surface area contributed by atoms with Crippen LogP contribution in [0.25, 0.3) is 10.9 Å². The van der Waals surface area contributed by atoms with Crippen LogP contribution in [-0.4, -0.2) is 22.2 Å². The van der Waals surface area contributed by atoms with Gasteiger partial charge in [0.2, 0.25) is 5.91 Å². The molecule has 3 rings (SSSR count). The molecule has 0 aliphatic rings. The number of carbonyl (C=O) groups excluding carboxylic acids is 3. The smallest absolute Gasteiger partial charge is 0.289 e. The minimum absolute atomic E-state index is 0.00297. The highest BCUT2D eigenvalue weighted by atomic mass is 35.5. The SMILES string of the molecule is NC(=O)C(=O)c1cn(CC(=O)NCc2ccccc2Cl)c2ccccc12. The molecule has 132 valence electrons. The molecule has 0 fully saturated rings. The average Bonchev–Trinajstić information content (AvgIpc) is 2.99. The molecule has 6 nitrogen and oxygen atoms in total. The summed E-state index contributed by atoms with van der Waals surface area (Å²) in [5, 5.41) is 3.95. The number of amides is 2. The van der Waals surface area contributed by atoms with E-state index in [1.54, 1.807) is 34.9 Å². The Hall–Kier alpha value is -3.12. The first-order valence-corrected chi connectivity index (χ1v) is 8.27. The van der Waals surface area contributed by atoms with Crippen molar-refractivity contribution in [3.8, 4) is 0 Å². The van der Waals surface area contributed by atoms with E-state index in [4.69, 9.17) is 17.3 Å². The highest BCUT2D eigenvalue weighted by Gasteiger charge is 2.19. The standard InChI is InChI=1S/C19H16ClN3O3/c20-15-7-3-1-5-12(15)9-22-17(24)11-23-10-14(18(25)19(21)26)13-6-2-4-8-16(13)23/h1-8,10H,9,11H2,(H2,21,26)(H,22,24). The van der Waals surface area contributed by atoms with Crippen LogP contribution in [0.4, 0.5) is 0 Å². The zero-order valence-corrected chi connectivity index (χ0v) is 14.5. The van der Waals surface area contributed by atoms with Crippen LogP contribution in [-0.2, 0) is 22.7 Å². The maximum atomic E-state index is 12.3. The number of nitrogens with zero attached hydrogens (tertiary/aromatic N) is 1. The Morgan fingerprint density at radius 2 is 1.73 bits per heavy atom. The topological polar surface area (TPSA) is 94.2 Å². The molecular weight excluding hydrogens is 354 g/mol. The molecule has 0 radical (unpaired) electrons. The fourth-order valence-electron chi connectivity index (χ4n) is 2.74. The van der Waals surface area contributed by atoms with E-state index in [0.29, 0.717) is 22.5 Å². The quantitative estimate of drug-likeness (QED) is 0.515. The molecule has 0 unspecified atom stereocenters. The highest BCUT2D eigenvalue weighted by molar-refractivity contribution is 6.44. The lowest BCUT2D eigenvalue weighted by Gasteiger charge is -2.08. The number of nitrogens with one attached hydrogen (secondary N) is 1. The number of primary amides is 1. The van der Waals surface area contributed by atoms with Crippen molar-refractivity contribution >= 4 is 40.1 Å². The third kappa shape index (κ3) is 3.60. The number of benzene rings is 2. The van der Waals surface area contributed by atoms with E-state index in [0.717, 1.165) is 5.56 Å². The van der Waals surface area contributed by atoms with Gasteiger partial charge in [0.1, 0.15) is 6.54 Å². The van der Waals surface area contributed by atoms with Crippen molar-refractivity contribution in [2.75, 3.05) is 0 Å². The fraction of sp³-hybridized carbons (Fsp3) is 0.105. The van der Waals surface area contributed by atoms with Gasteiger partial charge in [-0.3, -0.25) is 14.4 Å². The van der Waals surface area contributed by atoms with E-state index in [2.05, 4.69) is 5.32 Å². The van der Waals surface area contributed by atoms with Crippen molar-refractivity contribution < 1.29 is 14.4 Å². The van der Waals surface area contributed by atoms with E-state index in [-0.39, 0.29) is 18.0 Å². The number of para-hydroxylation sites is 1. The minimum atomic E-state index is -1.03. The van der Waals surface area contributed by atoms with Crippen LogP contribution in [0.5, 0.6) is 0 Å². The predicted molar refractivity (Wildman–Crippen MR) is 98.8 cm³/mol. The van der Waals surface area contributed by atoms with Gasteiger partial charge in [0.25, 0.3) is 11.7 Å². The molecule has 2 aromatic carbocycles. The molecule has 1 aromatic heterocycles. The number of carbonyl (C=O) groups is 3. The maximum Gasteiger partial charge on any atom is 0.289 e. The third-order valence-electron chi connectivity index (χ3n) is 4.00. The summed E-state index contributed by atoms with van der Waals surface area (Å²) in [6.45, 7) is 0.293. The van der Waals surface area contributed by atoms with Gasteiger partial charge in [0, 0.05) is 28.7 Å². The highest BCUT2D eigenvalue weighted by Crippen LogP contribution is 2.22. The lowest BCUT2D eigenvalue weighted by Crippen LogP contribution is -2.27. The van der Waals surface area contributed by atoms with E-state index in [1.165, 1.54) is 6.20 Å². The summed E-state index contributed by atoms with van der Waals surface area (Å²) in [7, 11) is 0. The second-order valence-corrected chi connectivity index (χ2v) is 6.16. The summed E-state index contributed by atoms with van der Waals surface area (Å²) in [6.07, 6.45) is 1.48. The summed E-state index contributed by atoms with van der Waals surface area (Å²) in [6, 6.07) is 14.3. The Kier molecular flexibility index (Phi) is 5.04. The Morgan fingerprint density at radius 1 is 1.04 bits per heavy atom. The van der Waals surface area contributed by atoms with Crippen LogP contribution in [0, 0.1) is 0 Å². The maximum absolute atomic E-state index is 12.3. The average molecular weight is 370 g/mol. The molecule has 3 N–H and O–H groups in total. The summed E-state index contributed by atoms with van der Waals surface area (Å²) in [5.41, 5.74) is 6.77. The van der Waals surface area contributed by atoms with Crippen LogP contribution in [0.15, 0.2) is 54.7 Å². The van der Waals surface area contributed by atoms with Gasteiger partial charge in [-0.05, 0) is 17.7 Å². The molecule has 1 heterocycles. The van der Waals surface area contributed by atoms with Crippen molar-refractivity contribution in [3.05, 3.63) is 70.9 Å². The van der Waals surface area contributed by atoms with Crippen LogP contribution in [0.1, 0.15) is 15.9 Å². The molecule has 26 heavy (non-hydrogen) atoms. The van der Waals surface area contributed by atoms with E-state index in [1.807, 2.05) is 18.2 Å². The van der Waals surface area contributed by atoms with Crippen molar-refractivity contribution in [3.63, 3.8) is 0 Å². The molecular formula is C19H16ClN3O3. The third-order valence-corrected chi connectivity index (χ3v) is 4.37. The Balaban J connectivity index is 1.80. The second kappa shape index (κ2) is 7.41. The molecule has 0 bridgehead atoms. The fourth-order valence-corrected chi connectivity index (χ4v) is 2.94. The summed E-state index contributed by atoms with van der Waals surface area (Å²) in [5.74, 6) is -2.06. The van der Waals surface area contributed by atoms with Gasteiger partial charge in [0.05, 0.1) is 5.56 Å². The zero-order chi connectivity index (χ0) is 18.7. The molecule has 0 aliphatic carbocycles. The minimum Gasteiger partial charge on any atom is -0.363 e. The number of hydrogen-bond acceptors (Lipinski definition) is 3. The monoisotopic (exact) mass is 369 g/mol. The van der Waals surface area contributed by atoms with Crippen LogP contribution >= 0.6 is 11.6 Å². The molecule has 0 spiro atoms. The molecule has 7 heteroatoms. The normalized spacial score (nSPS) is 10.7. The summed E-state index contributed by atoms with van der Waals surface area (Å²) in [4.78, 5) is 35.5. The zero-order valence-electron chi connectivity index (χ0n) is 13.7. The molecule has 3 aromatic rings. The number of ketones is 1. The Labute approximate surface area is 154 Å². The molecule has 0 saturated carbocycles. The van der Waals surface area contributed by atoms with Crippen molar-refractivity contribution in [2.45, 2.75) is 13.1 Å².